The van der Waals surface area contributed by atoms with E-state index in [2.05, 4.69) is 5.32 Å². The number of hydrogen-bond acceptors (Lipinski definition) is 2. The van der Waals surface area contributed by atoms with E-state index in [4.69, 9.17) is 5.11 Å². The Hall–Kier alpha value is -1.98. The third-order valence-corrected chi connectivity index (χ3v) is 3.63. The van der Waals surface area contributed by atoms with Crippen LogP contribution in [0.25, 0.3) is 0 Å². The molecule has 1 saturated carbocycles. The zero-order valence-electron chi connectivity index (χ0n) is 10.7. The van der Waals surface area contributed by atoms with Gasteiger partial charge in [0.15, 0.2) is 0 Å². The van der Waals surface area contributed by atoms with Gasteiger partial charge in [-0.2, -0.15) is 0 Å². The molecule has 0 unspecified atom stereocenters. The molecule has 0 aromatic heterocycles. The first-order valence-electron chi connectivity index (χ1n) is 6.43. The van der Waals surface area contributed by atoms with E-state index in [1.165, 1.54) is 0 Å². The third kappa shape index (κ3) is 3.12. The van der Waals surface area contributed by atoms with Gasteiger partial charge in [0, 0.05) is 12.1 Å². The maximum Gasteiger partial charge on any atom is 0.307 e. The molecule has 1 aliphatic rings. The van der Waals surface area contributed by atoms with E-state index in [0.29, 0.717) is 19.3 Å². The summed E-state index contributed by atoms with van der Waals surface area (Å²) in [6, 6.07) is 3.00. The quantitative estimate of drug-likeness (QED) is 0.889. The molecule has 0 spiro atoms. The van der Waals surface area contributed by atoms with Crippen LogP contribution in [-0.4, -0.2) is 17.0 Å². The van der Waals surface area contributed by atoms with Crippen molar-refractivity contribution in [3.05, 3.63) is 35.4 Å². The van der Waals surface area contributed by atoms with Crippen LogP contribution in [0.15, 0.2) is 18.2 Å². The predicted octanol–water partition coefficient (Wildman–Crippen LogP) is 2.08. The number of amides is 1. The number of rotatable bonds is 4. The summed E-state index contributed by atoms with van der Waals surface area (Å²) in [6.45, 7) is -0.148. The van der Waals surface area contributed by atoms with Crippen LogP contribution < -0.4 is 5.32 Å². The van der Waals surface area contributed by atoms with Crippen molar-refractivity contribution >= 4 is 11.9 Å². The van der Waals surface area contributed by atoms with E-state index >= 15 is 0 Å². The summed E-state index contributed by atoms with van der Waals surface area (Å²) < 4.78 is 26.4. The van der Waals surface area contributed by atoms with E-state index < -0.39 is 35.3 Å². The van der Waals surface area contributed by atoms with Crippen molar-refractivity contribution in [2.24, 2.45) is 11.8 Å². The molecule has 0 bridgehead atoms. The standard InChI is InChI=1S/C14H15F2NO3/c15-9-4-5-12(16)8(6-9)7-17-13(18)10-2-1-3-11(10)14(19)20/h4-6,10-11H,1-3,7H2,(H,17,18)(H,19,20)/t10-,11+/m1/s1. The Morgan fingerprint density at radius 1 is 1.25 bits per heavy atom. The molecule has 4 nitrogen and oxygen atoms in total. The zero-order chi connectivity index (χ0) is 14.7. The minimum Gasteiger partial charge on any atom is -0.481 e. The van der Waals surface area contributed by atoms with Gasteiger partial charge in [0.2, 0.25) is 5.91 Å². The number of carboxylic acid groups (broad SMARTS) is 1. The third-order valence-electron chi connectivity index (χ3n) is 3.63. The van der Waals surface area contributed by atoms with Crippen molar-refractivity contribution in [2.45, 2.75) is 25.8 Å². The van der Waals surface area contributed by atoms with Gasteiger partial charge in [0.1, 0.15) is 11.6 Å². The fourth-order valence-electron chi connectivity index (χ4n) is 2.56. The highest BCUT2D eigenvalue weighted by Gasteiger charge is 2.37. The smallest absolute Gasteiger partial charge is 0.307 e. The average Bonchev–Trinajstić information content (AvgIpc) is 2.89. The summed E-state index contributed by atoms with van der Waals surface area (Å²) in [5.74, 6) is -3.87. The number of carboxylic acids is 1. The van der Waals surface area contributed by atoms with Crippen LogP contribution >= 0.6 is 0 Å². The Balaban J connectivity index is 1.98. The monoisotopic (exact) mass is 283 g/mol. The number of halogens is 2. The van der Waals surface area contributed by atoms with Gasteiger partial charge in [-0.25, -0.2) is 8.78 Å². The van der Waals surface area contributed by atoms with Gasteiger partial charge >= 0.3 is 5.97 Å². The predicted molar refractivity (Wildman–Crippen MR) is 66.7 cm³/mol. The van der Waals surface area contributed by atoms with Crippen molar-refractivity contribution in [3.8, 4) is 0 Å². The fourth-order valence-corrected chi connectivity index (χ4v) is 2.56. The highest BCUT2D eigenvalue weighted by atomic mass is 19.1. The zero-order valence-corrected chi connectivity index (χ0v) is 10.7. The number of nitrogens with one attached hydrogen (secondary N) is 1. The number of carbonyl (C=O) groups is 2. The molecular weight excluding hydrogens is 268 g/mol. The number of carbonyl (C=O) groups excluding carboxylic acids is 1. The van der Waals surface area contributed by atoms with Crippen molar-refractivity contribution in [2.75, 3.05) is 0 Å². The molecule has 108 valence electrons. The van der Waals surface area contributed by atoms with Gasteiger partial charge in [0.25, 0.3) is 0 Å². The highest BCUT2D eigenvalue weighted by Crippen LogP contribution is 2.32. The van der Waals surface area contributed by atoms with Crippen LogP contribution in [0.2, 0.25) is 0 Å². The van der Waals surface area contributed by atoms with Crippen molar-refractivity contribution in [1.29, 1.82) is 0 Å². The van der Waals surface area contributed by atoms with E-state index in [9.17, 15) is 18.4 Å². The molecule has 2 rings (SSSR count). The molecule has 1 aromatic carbocycles. The summed E-state index contributed by atoms with van der Waals surface area (Å²) in [5, 5.41) is 11.5. The normalized spacial score (nSPS) is 21.7. The first kappa shape index (κ1) is 14.4. The molecule has 0 heterocycles. The minimum absolute atomic E-state index is 0.0446. The number of hydrogen-bond donors (Lipinski definition) is 2. The summed E-state index contributed by atoms with van der Waals surface area (Å²) >= 11 is 0. The van der Waals surface area contributed by atoms with Gasteiger partial charge in [-0.05, 0) is 31.0 Å². The van der Waals surface area contributed by atoms with Crippen molar-refractivity contribution in [3.63, 3.8) is 0 Å². The van der Waals surface area contributed by atoms with E-state index in [1.54, 1.807) is 0 Å². The van der Waals surface area contributed by atoms with E-state index in [1.807, 2.05) is 0 Å². The van der Waals surface area contributed by atoms with Crippen LogP contribution in [0.1, 0.15) is 24.8 Å². The molecule has 0 saturated heterocycles. The fraction of sp³-hybridized carbons (Fsp3) is 0.429. The van der Waals surface area contributed by atoms with Gasteiger partial charge in [-0.1, -0.05) is 6.42 Å². The average molecular weight is 283 g/mol. The lowest BCUT2D eigenvalue weighted by atomic mass is 9.95. The molecule has 1 fully saturated rings. The van der Waals surface area contributed by atoms with Gasteiger partial charge in [0.05, 0.1) is 11.8 Å². The van der Waals surface area contributed by atoms with Gasteiger partial charge in [-0.15, -0.1) is 0 Å². The SMILES string of the molecule is O=C(O)[C@H]1CCC[C@H]1C(=O)NCc1cc(F)ccc1F. The maximum absolute atomic E-state index is 13.4. The Morgan fingerprint density at radius 2 is 1.95 bits per heavy atom. The van der Waals surface area contributed by atoms with Crippen molar-refractivity contribution < 1.29 is 23.5 Å². The summed E-state index contributed by atoms with van der Waals surface area (Å²) in [6.07, 6.45) is 1.67. The summed E-state index contributed by atoms with van der Waals surface area (Å²) in [4.78, 5) is 22.9. The minimum atomic E-state index is -0.986. The Bertz CT molecular complexity index is 533. The lowest BCUT2D eigenvalue weighted by molar-refractivity contribution is -0.146. The molecule has 0 radical (unpaired) electrons. The Labute approximate surface area is 114 Å². The Kier molecular flexibility index (Phi) is 4.32. The molecule has 1 aromatic rings. The van der Waals surface area contributed by atoms with Crippen LogP contribution in [0.4, 0.5) is 8.78 Å². The van der Waals surface area contributed by atoms with Crippen LogP contribution in [0, 0.1) is 23.5 Å². The number of aliphatic carboxylic acids is 1. The van der Waals surface area contributed by atoms with Crippen LogP contribution in [0.3, 0.4) is 0 Å². The number of benzene rings is 1. The Morgan fingerprint density at radius 3 is 2.65 bits per heavy atom. The highest BCUT2D eigenvalue weighted by molar-refractivity contribution is 5.85. The molecule has 2 atom stereocenters. The molecule has 6 heteroatoms. The van der Waals surface area contributed by atoms with Crippen LogP contribution in [0.5, 0.6) is 0 Å². The second-order valence-electron chi connectivity index (χ2n) is 4.94. The lowest BCUT2D eigenvalue weighted by Crippen LogP contribution is -2.35. The second kappa shape index (κ2) is 5.98. The summed E-state index contributed by atoms with van der Waals surface area (Å²) in [5.41, 5.74) is 0.0446. The molecule has 0 aliphatic heterocycles. The topological polar surface area (TPSA) is 66.4 Å². The maximum atomic E-state index is 13.4. The first-order valence-corrected chi connectivity index (χ1v) is 6.43. The first-order chi connectivity index (χ1) is 9.49. The van der Waals surface area contributed by atoms with Gasteiger partial charge in [-0.3, -0.25) is 9.59 Å². The van der Waals surface area contributed by atoms with E-state index in [0.717, 1.165) is 18.2 Å². The molecule has 1 amide bonds. The van der Waals surface area contributed by atoms with Crippen molar-refractivity contribution in [1.82, 2.24) is 5.32 Å². The summed E-state index contributed by atoms with van der Waals surface area (Å²) in [7, 11) is 0. The lowest BCUT2D eigenvalue weighted by Gasteiger charge is -2.15. The van der Waals surface area contributed by atoms with Gasteiger partial charge < -0.3 is 10.4 Å². The molecule has 20 heavy (non-hydrogen) atoms. The van der Waals surface area contributed by atoms with E-state index in [-0.39, 0.29) is 12.1 Å². The second-order valence-corrected chi connectivity index (χ2v) is 4.94. The molecular formula is C14H15F2NO3. The largest absolute Gasteiger partial charge is 0.481 e. The molecule has 2 N–H and O–H groups in total. The molecule has 1 aliphatic carbocycles. The van der Waals surface area contributed by atoms with Crippen LogP contribution in [-0.2, 0) is 16.1 Å².